The average molecular weight is 324 g/mol. The first kappa shape index (κ1) is 17.5. The molecule has 2 rings (SSSR count). The highest BCUT2D eigenvalue weighted by Gasteiger charge is 2.21. The molecule has 0 radical (unpaired) electrons. The van der Waals surface area contributed by atoms with Gasteiger partial charge in [0.1, 0.15) is 11.3 Å². The zero-order chi connectivity index (χ0) is 17.4. The minimum absolute atomic E-state index is 0.0137. The first-order chi connectivity index (χ1) is 11.7. The third kappa shape index (κ3) is 4.56. The largest absolute Gasteiger partial charge is 0.497 e. The van der Waals surface area contributed by atoms with Crippen molar-refractivity contribution in [1.29, 1.82) is 0 Å². The molecule has 0 aliphatic carbocycles. The third-order valence-corrected chi connectivity index (χ3v) is 3.36. The standard InChI is InChI=1S/C20H20O4/c1-3-13-24-20(22)18(19(21)16-7-5-4-6-8-16)14-15-9-11-17(23-2)12-10-15/h4-12,14H,3,13H2,1-2H3. The van der Waals surface area contributed by atoms with Crippen LogP contribution in [-0.4, -0.2) is 25.5 Å². The van der Waals surface area contributed by atoms with Crippen LogP contribution in [0.5, 0.6) is 5.75 Å². The number of methoxy groups -OCH3 is 1. The van der Waals surface area contributed by atoms with E-state index in [9.17, 15) is 9.59 Å². The molecule has 24 heavy (non-hydrogen) atoms. The topological polar surface area (TPSA) is 52.6 Å². The van der Waals surface area contributed by atoms with Gasteiger partial charge in [-0.3, -0.25) is 4.79 Å². The predicted molar refractivity (Wildman–Crippen MR) is 93.0 cm³/mol. The van der Waals surface area contributed by atoms with E-state index in [0.29, 0.717) is 17.7 Å². The quantitative estimate of drug-likeness (QED) is 0.255. The lowest BCUT2D eigenvalue weighted by Gasteiger charge is -2.08. The normalized spacial score (nSPS) is 11.0. The maximum absolute atomic E-state index is 12.7. The van der Waals surface area contributed by atoms with E-state index >= 15 is 0 Å². The number of Topliss-reactive ketones (excluding diaryl/α,β-unsaturated/α-hetero) is 1. The monoisotopic (exact) mass is 324 g/mol. The van der Waals surface area contributed by atoms with Gasteiger partial charge in [-0.15, -0.1) is 0 Å². The fraction of sp³-hybridized carbons (Fsp3) is 0.200. The molecule has 0 aromatic heterocycles. The van der Waals surface area contributed by atoms with Gasteiger partial charge in [0.25, 0.3) is 0 Å². The van der Waals surface area contributed by atoms with Gasteiger partial charge in [0, 0.05) is 5.56 Å². The molecule has 0 saturated heterocycles. The molecule has 0 spiro atoms. The Morgan fingerprint density at radius 1 is 1.00 bits per heavy atom. The van der Waals surface area contributed by atoms with Crippen molar-refractivity contribution >= 4 is 17.8 Å². The average Bonchev–Trinajstić information content (AvgIpc) is 2.64. The number of hydrogen-bond donors (Lipinski definition) is 0. The number of carbonyl (C=O) groups is 2. The van der Waals surface area contributed by atoms with Crippen LogP contribution in [0.4, 0.5) is 0 Å². The lowest BCUT2D eigenvalue weighted by Crippen LogP contribution is -2.16. The van der Waals surface area contributed by atoms with Crippen molar-refractivity contribution in [3.63, 3.8) is 0 Å². The Kier molecular flexibility index (Phi) is 6.32. The van der Waals surface area contributed by atoms with Crippen molar-refractivity contribution in [2.45, 2.75) is 13.3 Å². The van der Waals surface area contributed by atoms with Crippen molar-refractivity contribution in [3.05, 3.63) is 71.3 Å². The summed E-state index contributed by atoms with van der Waals surface area (Å²) >= 11 is 0. The van der Waals surface area contributed by atoms with E-state index < -0.39 is 5.97 Å². The molecule has 4 heteroatoms. The van der Waals surface area contributed by atoms with Crippen LogP contribution in [0.15, 0.2) is 60.2 Å². The summed E-state index contributed by atoms with van der Waals surface area (Å²) in [6.45, 7) is 2.18. The summed E-state index contributed by atoms with van der Waals surface area (Å²) in [4.78, 5) is 25.0. The first-order valence-corrected chi connectivity index (χ1v) is 7.78. The minimum atomic E-state index is -0.610. The Hall–Kier alpha value is -2.88. The van der Waals surface area contributed by atoms with Gasteiger partial charge in [0.15, 0.2) is 5.78 Å². The van der Waals surface area contributed by atoms with E-state index in [0.717, 1.165) is 5.56 Å². The first-order valence-electron chi connectivity index (χ1n) is 7.78. The summed E-state index contributed by atoms with van der Waals surface area (Å²) in [6.07, 6.45) is 2.24. The molecule has 0 saturated carbocycles. The highest BCUT2D eigenvalue weighted by molar-refractivity contribution is 6.26. The van der Waals surface area contributed by atoms with Crippen LogP contribution in [0, 0.1) is 0 Å². The molecule has 0 atom stereocenters. The summed E-state index contributed by atoms with van der Waals surface area (Å²) in [7, 11) is 1.58. The van der Waals surface area contributed by atoms with Crippen molar-refractivity contribution in [2.24, 2.45) is 0 Å². The van der Waals surface area contributed by atoms with Gasteiger partial charge in [0.2, 0.25) is 0 Å². The summed E-state index contributed by atoms with van der Waals surface area (Å²) in [5.74, 6) is -0.259. The van der Waals surface area contributed by atoms with Crippen LogP contribution in [0.25, 0.3) is 6.08 Å². The van der Waals surface area contributed by atoms with E-state index in [2.05, 4.69) is 0 Å². The number of rotatable bonds is 7. The number of ether oxygens (including phenoxy) is 2. The van der Waals surface area contributed by atoms with Crippen LogP contribution in [-0.2, 0) is 9.53 Å². The third-order valence-electron chi connectivity index (χ3n) is 3.36. The van der Waals surface area contributed by atoms with Crippen LogP contribution in [0.2, 0.25) is 0 Å². The molecule has 124 valence electrons. The van der Waals surface area contributed by atoms with Gasteiger partial charge in [-0.1, -0.05) is 49.4 Å². The number of ketones is 1. The highest BCUT2D eigenvalue weighted by atomic mass is 16.5. The molecule has 2 aromatic rings. The van der Waals surface area contributed by atoms with Gasteiger partial charge in [-0.25, -0.2) is 4.79 Å². The van der Waals surface area contributed by atoms with Crippen LogP contribution in [0.1, 0.15) is 29.3 Å². The Morgan fingerprint density at radius 2 is 1.67 bits per heavy atom. The van der Waals surface area contributed by atoms with Crippen molar-refractivity contribution in [3.8, 4) is 5.75 Å². The maximum atomic E-state index is 12.7. The van der Waals surface area contributed by atoms with E-state index in [1.54, 1.807) is 61.7 Å². The number of carbonyl (C=O) groups excluding carboxylic acids is 2. The predicted octanol–water partition coefficient (Wildman–Crippen LogP) is 3.91. The number of hydrogen-bond acceptors (Lipinski definition) is 4. The van der Waals surface area contributed by atoms with Crippen LogP contribution in [0.3, 0.4) is 0 Å². The lowest BCUT2D eigenvalue weighted by atomic mass is 10.0. The van der Waals surface area contributed by atoms with Gasteiger partial charge >= 0.3 is 5.97 Å². The second kappa shape index (κ2) is 8.67. The minimum Gasteiger partial charge on any atom is -0.497 e. The Morgan fingerprint density at radius 3 is 2.25 bits per heavy atom. The molecule has 0 aliphatic rings. The van der Waals surface area contributed by atoms with E-state index in [-0.39, 0.29) is 18.0 Å². The Labute approximate surface area is 141 Å². The Balaban J connectivity index is 2.36. The molecular weight excluding hydrogens is 304 g/mol. The zero-order valence-corrected chi connectivity index (χ0v) is 13.8. The van der Waals surface area contributed by atoms with Crippen LogP contribution >= 0.6 is 0 Å². The highest BCUT2D eigenvalue weighted by Crippen LogP contribution is 2.17. The molecule has 0 fully saturated rings. The van der Waals surface area contributed by atoms with Crippen molar-refractivity contribution in [2.75, 3.05) is 13.7 Å². The molecule has 0 heterocycles. The van der Waals surface area contributed by atoms with Crippen molar-refractivity contribution in [1.82, 2.24) is 0 Å². The second-order valence-electron chi connectivity index (χ2n) is 5.16. The van der Waals surface area contributed by atoms with Crippen LogP contribution < -0.4 is 4.74 Å². The van der Waals surface area contributed by atoms with Gasteiger partial charge in [-0.05, 0) is 30.2 Å². The van der Waals surface area contributed by atoms with Gasteiger partial charge in [0.05, 0.1) is 13.7 Å². The zero-order valence-electron chi connectivity index (χ0n) is 13.8. The van der Waals surface area contributed by atoms with Gasteiger partial charge in [-0.2, -0.15) is 0 Å². The molecule has 0 aliphatic heterocycles. The summed E-state index contributed by atoms with van der Waals surface area (Å²) in [6, 6.07) is 15.8. The smallest absolute Gasteiger partial charge is 0.342 e. The SMILES string of the molecule is CCCOC(=O)C(=Cc1ccc(OC)cc1)C(=O)c1ccccc1. The molecule has 0 unspecified atom stereocenters. The molecule has 0 N–H and O–H groups in total. The van der Waals surface area contributed by atoms with E-state index in [1.807, 2.05) is 13.0 Å². The fourth-order valence-corrected chi connectivity index (χ4v) is 2.10. The van der Waals surface area contributed by atoms with E-state index in [4.69, 9.17) is 9.47 Å². The Bertz CT molecular complexity index is 715. The number of benzene rings is 2. The second-order valence-corrected chi connectivity index (χ2v) is 5.16. The summed E-state index contributed by atoms with van der Waals surface area (Å²) < 4.78 is 10.3. The van der Waals surface area contributed by atoms with Crippen molar-refractivity contribution < 1.29 is 19.1 Å². The van der Waals surface area contributed by atoms with Gasteiger partial charge < -0.3 is 9.47 Å². The molecular formula is C20H20O4. The maximum Gasteiger partial charge on any atom is 0.342 e. The molecule has 2 aromatic carbocycles. The number of esters is 1. The molecule has 0 amide bonds. The summed E-state index contributed by atoms with van der Waals surface area (Å²) in [5.41, 5.74) is 1.19. The summed E-state index contributed by atoms with van der Waals surface area (Å²) in [5, 5.41) is 0. The lowest BCUT2D eigenvalue weighted by molar-refractivity contribution is -0.138. The fourth-order valence-electron chi connectivity index (χ4n) is 2.10. The molecule has 0 bridgehead atoms. The van der Waals surface area contributed by atoms with E-state index in [1.165, 1.54) is 0 Å². The molecule has 4 nitrogen and oxygen atoms in total.